The molecule has 2 saturated heterocycles. The highest BCUT2D eigenvalue weighted by atomic mass is 19.1. The van der Waals surface area contributed by atoms with Crippen molar-refractivity contribution in [3.63, 3.8) is 0 Å². The molecule has 2 aliphatic rings. The van der Waals surface area contributed by atoms with Gasteiger partial charge in [0.1, 0.15) is 11.6 Å². The summed E-state index contributed by atoms with van der Waals surface area (Å²) in [6, 6.07) is 8.05. The van der Waals surface area contributed by atoms with E-state index >= 15 is 4.39 Å². The summed E-state index contributed by atoms with van der Waals surface area (Å²) < 4.78 is 29.9. The van der Waals surface area contributed by atoms with Crippen molar-refractivity contribution >= 4 is 23.5 Å². The molecule has 4 aromatic rings. The van der Waals surface area contributed by atoms with Crippen LogP contribution < -0.4 is 10.2 Å². The molecule has 0 saturated carbocycles. The predicted octanol–water partition coefficient (Wildman–Crippen LogP) is 4.99. The molecule has 0 radical (unpaired) electrons. The summed E-state index contributed by atoms with van der Waals surface area (Å²) in [5, 5.41) is 14.3. The van der Waals surface area contributed by atoms with Crippen LogP contribution >= 0.6 is 0 Å². The summed E-state index contributed by atoms with van der Waals surface area (Å²) in [4.78, 5) is 27.3. The summed E-state index contributed by atoms with van der Waals surface area (Å²) in [5.74, 6) is 1.12. The van der Waals surface area contributed by atoms with E-state index in [9.17, 15) is 9.18 Å². The van der Waals surface area contributed by atoms with Crippen molar-refractivity contribution in [2.75, 3.05) is 29.9 Å². The number of piperidine rings is 2. The fourth-order valence-electron chi connectivity index (χ4n) is 6.05. The topological polar surface area (TPSA) is 108 Å². The molecule has 1 aromatic carbocycles. The molecule has 41 heavy (non-hydrogen) atoms. The lowest BCUT2D eigenvalue weighted by molar-refractivity contribution is -0.150. The van der Waals surface area contributed by atoms with Crippen molar-refractivity contribution < 1.29 is 13.6 Å². The van der Waals surface area contributed by atoms with Crippen molar-refractivity contribution in [3.8, 4) is 5.69 Å². The first-order valence-electron chi connectivity index (χ1n) is 13.9. The fraction of sp³-hybridized carbons (Fsp3) is 0.414. The number of nitrogens with one attached hydrogen (secondary N) is 2. The summed E-state index contributed by atoms with van der Waals surface area (Å²) in [6.45, 7) is 7.63. The Balaban J connectivity index is 1.15. The van der Waals surface area contributed by atoms with Crippen LogP contribution in [0.3, 0.4) is 0 Å². The SMILES string of the molecule is Cc1cc(Nc2cc(C)[nH]n2)nc(N2CCC3(CCCN([C@@H](C)c4ccc(-n5cc(F)cn5)cc4F)C3=O)CC2)n1. The molecule has 1 amide bonds. The minimum atomic E-state index is -0.492. The number of aryl methyl sites for hydroxylation is 2. The molecule has 6 rings (SSSR count). The van der Waals surface area contributed by atoms with Crippen LogP contribution in [0.25, 0.3) is 5.69 Å². The van der Waals surface area contributed by atoms with Gasteiger partial charge in [0.2, 0.25) is 11.9 Å². The molecular weight excluding hydrogens is 528 g/mol. The lowest BCUT2D eigenvalue weighted by Gasteiger charge is -2.48. The Morgan fingerprint density at radius 3 is 2.51 bits per heavy atom. The zero-order valence-corrected chi connectivity index (χ0v) is 23.4. The number of aromatic nitrogens is 6. The van der Waals surface area contributed by atoms with Gasteiger partial charge in [0, 0.05) is 48.7 Å². The van der Waals surface area contributed by atoms with Gasteiger partial charge in [0.05, 0.1) is 29.5 Å². The zero-order chi connectivity index (χ0) is 28.7. The highest BCUT2D eigenvalue weighted by molar-refractivity contribution is 5.84. The average molecular weight is 562 g/mol. The Kier molecular flexibility index (Phi) is 6.92. The number of nitrogens with zero attached hydrogens (tertiary/aromatic N) is 7. The van der Waals surface area contributed by atoms with Crippen molar-refractivity contribution in [1.82, 2.24) is 34.8 Å². The summed E-state index contributed by atoms with van der Waals surface area (Å²) in [6.07, 6.45) is 5.31. The highest BCUT2D eigenvalue weighted by Crippen LogP contribution is 2.44. The lowest BCUT2D eigenvalue weighted by Crippen LogP contribution is -2.54. The number of benzene rings is 1. The van der Waals surface area contributed by atoms with Gasteiger partial charge < -0.3 is 15.1 Å². The standard InChI is InChI=1S/C29H33F2N9O/c1-18-13-25(34-26-14-19(2)36-37-26)35-28(33-18)38-11-8-29(9-12-38)7-4-10-39(27(29)41)20(3)23-6-5-22(15-24(23)31)40-17-21(30)16-32-40/h5-6,13-17,20H,4,7-12H2,1-3H3,(H2,33,34,35,36,37)/t20-/m0/s1. The smallest absolute Gasteiger partial charge is 0.229 e. The molecule has 2 aliphatic heterocycles. The number of amides is 1. The number of hydrogen-bond donors (Lipinski definition) is 2. The van der Waals surface area contributed by atoms with E-state index in [1.54, 1.807) is 12.1 Å². The predicted molar refractivity (Wildman–Crippen MR) is 150 cm³/mol. The number of halogens is 2. The van der Waals surface area contributed by atoms with Gasteiger partial charge >= 0.3 is 0 Å². The van der Waals surface area contributed by atoms with Crippen LogP contribution in [0.5, 0.6) is 0 Å². The number of carbonyl (C=O) groups excluding carboxylic acids is 1. The van der Waals surface area contributed by atoms with Crippen LogP contribution in [0.15, 0.2) is 42.7 Å². The van der Waals surface area contributed by atoms with Gasteiger partial charge in [-0.05, 0) is 58.6 Å². The van der Waals surface area contributed by atoms with Crippen LogP contribution in [0, 0.1) is 30.9 Å². The van der Waals surface area contributed by atoms with Crippen LogP contribution in [-0.4, -0.2) is 60.4 Å². The quantitative estimate of drug-likeness (QED) is 0.341. The minimum absolute atomic E-state index is 0.0787. The molecular formula is C29H33F2N9O. The van der Waals surface area contributed by atoms with Gasteiger partial charge in [-0.1, -0.05) is 6.07 Å². The van der Waals surface area contributed by atoms with Crippen LogP contribution in [0.2, 0.25) is 0 Å². The Morgan fingerprint density at radius 2 is 1.83 bits per heavy atom. The van der Waals surface area contributed by atoms with E-state index in [0.717, 1.165) is 30.4 Å². The Bertz CT molecular complexity index is 1570. The van der Waals surface area contributed by atoms with Gasteiger partial charge in [0.25, 0.3) is 0 Å². The summed E-state index contributed by atoms with van der Waals surface area (Å²) >= 11 is 0. The monoisotopic (exact) mass is 561 g/mol. The molecule has 2 fully saturated rings. The van der Waals surface area contributed by atoms with Gasteiger partial charge in [-0.2, -0.15) is 15.2 Å². The third-order valence-corrected chi connectivity index (χ3v) is 8.29. The van der Waals surface area contributed by atoms with E-state index in [4.69, 9.17) is 4.98 Å². The van der Waals surface area contributed by atoms with Crippen LogP contribution in [0.4, 0.5) is 26.4 Å². The first kappa shape index (κ1) is 26.9. The molecule has 1 atom stereocenters. The molecule has 0 unspecified atom stereocenters. The summed E-state index contributed by atoms with van der Waals surface area (Å²) in [5.41, 5.74) is 2.16. The zero-order valence-electron chi connectivity index (χ0n) is 23.4. The number of hydrogen-bond acceptors (Lipinski definition) is 7. The molecule has 1 spiro atoms. The average Bonchev–Trinajstić information content (AvgIpc) is 3.57. The molecule has 10 nitrogen and oxygen atoms in total. The first-order chi connectivity index (χ1) is 19.7. The second-order valence-corrected chi connectivity index (χ2v) is 11.1. The maximum absolute atomic E-state index is 15.2. The Morgan fingerprint density at radius 1 is 1.02 bits per heavy atom. The van der Waals surface area contributed by atoms with Crippen molar-refractivity contribution in [3.05, 3.63) is 71.3 Å². The van der Waals surface area contributed by atoms with Gasteiger partial charge in [-0.15, -0.1) is 0 Å². The van der Waals surface area contributed by atoms with Crippen LogP contribution in [0.1, 0.15) is 55.6 Å². The number of aromatic amines is 1. The lowest BCUT2D eigenvalue weighted by atomic mass is 9.71. The third kappa shape index (κ3) is 5.25. The largest absolute Gasteiger partial charge is 0.341 e. The van der Waals surface area contributed by atoms with E-state index in [1.165, 1.54) is 16.9 Å². The number of rotatable bonds is 6. The van der Waals surface area contributed by atoms with Gasteiger partial charge in [-0.3, -0.25) is 9.89 Å². The minimum Gasteiger partial charge on any atom is -0.341 e. The van der Waals surface area contributed by atoms with Crippen molar-refractivity contribution in [2.45, 2.75) is 52.5 Å². The summed E-state index contributed by atoms with van der Waals surface area (Å²) in [7, 11) is 0. The fourth-order valence-corrected chi connectivity index (χ4v) is 6.05. The van der Waals surface area contributed by atoms with E-state index in [-0.39, 0.29) is 5.91 Å². The van der Waals surface area contributed by atoms with E-state index < -0.39 is 23.1 Å². The number of carbonyl (C=O) groups is 1. The van der Waals surface area contributed by atoms with Crippen molar-refractivity contribution in [2.24, 2.45) is 5.41 Å². The van der Waals surface area contributed by atoms with Crippen LogP contribution in [-0.2, 0) is 4.79 Å². The molecule has 0 bridgehead atoms. The molecule has 3 aromatic heterocycles. The number of likely N-dealkylation sites (tertiary alicyclic amines) is 1. The number of H-pyrrole nitrogens is 1. The van der Waals surface area contributed by atoms with Gasteiger partial charge in [-0.25, -0.2) is 18.4 Å². The van der Waals surface area contributed by atoms with Gasteiger partial charge in [0.15, 0.2) is 11.6 Å². The molecule has 214 valence electrons. The second-order valence-electron chi connectivity index (χ2n) is 11.1. The molecule has 5 heterocycles. The maximum Gasteiger partial charge on any atom is 0.229 e. The maximum atomic E-state index is 15.2. The first-order valence-corrected chi connectivity index (χ1v) is 13.9. The normalized spacial score (nSPS) is 17.7. The van der Waals surface area contributed by atoms with E-state index in [2.05, 4.69) is 30.5 Å². The second kappa shape index (κ2) is 10.6. The van der Waals surface area contributed by atoms with E-state index in [1.807, 2.05) is 37.8 Å². The van der Waals surface area contributed by atoms with Crippen molar-refractivity contribution in [1.29, 1.82) is 0 Å². The Labute approximate surface area is 236 Å². The molecule has 2 N–H and O–H groups in total. The Hall–Kier alpha value is -4.35. The van der Waals surface area contributed by atoms with E-state index in [0.29, 0.717) is 61.3 Å². The number of anilines is 3. The highest BCUT2D eigenvalue weighted by Gasteiger charge is 2.47. The third-order valence-electron chi connectivity index (χ3n) is 8.29. The molecule has 12 heteroatoms. The molecule has 0 aliphatic carbocycles.